The highest BCUT2D eigenvalue weighted by Crippen LogP contribution is 2.25. The molecule has 1 aliphatic rings. The van der Waals surface area contributed by atoms with Crippen LogP contribution in [0.5, 0.6) is 0 Å². The molecule has 1 saturated heterocycles. The van der Waals surface area contributed by atoms with Gasteiger partial charge in [0.15, 0.2) is 0 Å². The lowest BCUT2D eigenvalue weighted by Gasteiger charge is -2.39. The maximum Gasteiger partial charge on any atom is 0.254 e. The Morgan fingerprint density at radius 1 is 1.25 bits per heavy atom. The lowest BCUT2D eigenvalue weighted by atomic mass is 10.0. The van der Waals surface area contributed by atoms with E-state index in [0.29, 0.717) is 6.04 Å². The number of amides is 1. The second kappa shape index (κ2) is 4.23. The fraction of sp³-hybridized carbons (Fsp3) is 0.200. The van der Waals surface area contributed by atoms with Crippen molar-refractivity contribution in [2.75, 3.05) is 13.1 Å². The van der Waals surface area contributed by atoms with Crippen molar-refractivity contribution < 1.29 is 4.79 Å². The largest absolute Gasteiger partial charge is 0.361 e. The van der Waals surface area contributed by atoms with Gasteiger partial charge in [0, 0.05) is 48.1 Å². The predicted molar refractivity (Wildman–Crippen MR) is 75.5 cm³/mol. The molecule has 0 atom stereocenters. The van der Waals surface area contributed by atoms with E-state index in [1.807, 2.05) is 52.3 Å². The third-order valence-electron chi connectivity index (χ3n) is 3.87. The van der Waals surface area contributed by atoms with Crippen molar-refractivity contribution in [2.24, 2.45) is 0 Å². The van der Waals surface area contributed by atoms with Gasteiger partial charge in [-0.25, -0.2) is 0 Å². The van der Waals surface area contributed by atoms with Crippen molar-refractivity contribution in [3.05, 3.63) is 54.5 Å². The van der Waals surface area contributed by atoms with Gasteiger partial charge >= 0.3 is 0 Å². The molecule has 4 rings (SSSR count). The Morgan fingerprint density at radius 3 is 2.95 bits per heavy atom. The number of nitrogens with one attached hydrogen (secondary N) is 1. The van der Waals surface area contributed by atoms with Crippen LogP contribution in [-0.2, 0) is 0 Å². The van der Waals surface area contributed by atoms with Crippen molar-refractivity contribution in [3.8, 4) is 0 Å². The molecule has 0 spiro atoms. The third-order valence-corrected chi connectivity index (χ3v) is 3.87. The average molecular weight is 266 g/mol. The smallest absolute Gasteiger partial charge is 0.254 e. The molecule has 0 radical (unpaired) electrons. The van der Waals surface area contributed by atoms with E-state index in [-0.39, 0.29) is 5.91 Å². The monoisotopic (exact) mass is 266 g/mol. The lowest BCUT2D eigenvalue weighted by Crippen LogP contribution is -2.50. The number of carbonyl (C=O) groups is 1. The van der Waals surface area contributed by atoms with E-state index in [1.54, 1.807) is 6.20 Å². The van der Waals surface area contributed by atoms with Gasteiger partial charge in [-0.05, 0) is 24.3 Å². The van der Waals surface area contributed by atoms with Gasteiger partial charge in [0.25, 0.3) is 5.91 Å². The third kappa shape index (κ3) is 1.63. The van der Waals surface area contributed by atoms with Crippen molar-refractivity contribution in [2.45, 2.75) is 6.04 Å². The molecular formula is C15H14N4O. The lowest BCUT2D eigenvalue weighted by molar-refractivity contribution is 0.0503. The van der Waals surface area contributed by atoms with Crippen molar-refractivity contribution in [1.29, 1.82) is 0 Å². The highest BCUT2D eigenvalue weighted by Gasteiger charge is 2.33. The molecule has 3 aromatic rings. The number of fused-ring (bicyclic) bond motifs is 1. The molecule has 1 amide bonds. The second-order valence-corrected chi connectivity index (χ2v) is 5.09. The Morgan fingerprint density at radius 2 is 2.15 bits per heavy atom. The van der Waals surface area contributed by atoms with Crippen LogP contribution in [0.25, 0.3) is 10.9 Å². The Labute approximate surface area is 115 Å². The van der Waals surface area contributed by atoms with E-state index < -0.39 is 0 Å². The first-order valence-corrected chi connectivity index (χ1v) is 6.67. The number of carbonyl (C=O) groups excluding carboxylic acids is 1. The fourth-order valence-electron chi connectivity index (χ4n) is 2.73. The van der Waals surface area contributed by atoms with E-state index in [0.717, 1.165) is 29.6 Å². The normalized spacial score (nSPS) is 15.5. The average Bonchev–Trinajstić information content (AvgIpc) is 3.07. The Hall–Kier alpha value is -2.56. The summed E-state index contributed by atoms with van der Waals surface area (Å²) in [7, 11) is 0. The molecule has 0 bridgehead atoms. The number of likely N-dealkylation sites (tertiary alicyclic amines) is 1. The Bertz CT molecular complexity index is 753. The first-order chi connectivity index (χ1) is 9.83. The van der Waals surface area contributed by atoms with Gasteiger partial charge in [-0.3, -0.25) is 9.48 Å². The Balaban J connectivity index is 1.56. The molecule has 0 unspecified atom stereocenters. The molecule has 100 valence electrons. The molecule has 1 aliphatic heterocycles. The summed E-state index contributed by atoms with van der Waals surface area (Å²) in [4.78, 5) is 17.5. The van der Waals surface area contributed by atoms with Gasteiger partial charge in [0.1, 0.15) is 0 Å². The molecule has 3 heterocycles. The number of benzene rings is 1. The zero-order valence-corrected chi connectivity index (χ0v) is 10.9. The van der Waals surface area contributed by atoms with E-state index in [1.165, 1.54) is 0 Å². The molecule has 0 saturated carbocycles. The van der Waals surface area contributed by atoms with Crippen LogP contribution in [0, 0.1) is 0 Å². The molecule has 2 aromatic heterocycles. The summed E-state index contributed by atoms with van der Waals surface area (Å²) < 4.78 is 1.92. The molecule has 5 nitrogen and oxygen atoms in total. The summed E-state index contributed by atoms with van der Waals surface area (Å²) in [5, 5.41) is 5.21. The number of H-pyrrole nitrogens is 1. The molecule has 1 N–H and O–H groups in total. The first kappa shape index (κ1) is 11.3. The number of aromatic nitrogens is 3. The van der Waals surface area contributed by atoms with E-state index in [2.05, 4.69) is 10.1 Å². The number of aromatic amines is 1. The second-order valence-electron chi connectivity index (χ2n) is 5.09. The standard InChI is InChI=1S/C15H14N4O/c20-15(13-3-1-4-14-12(13)5-7-16-14)18-9-11(10-18)19-8-2-6-17-19/h1-8,11,16H,9-10H2. The summed E-state index contributed by atoms with van der Waals surface area (Å²) in [5.41, 5.74) is 1.77. The summed E-state index contributed by atoms with van der Waals surface area (Å²) in [6.07, 6.45) is 5.58. The van der Waals surface area contributed by atoms with Crippen LogP contribution < -0.4 is 0 Å². The highest BCUT2D eigenvalue weighted by molar-refractivity contribution is 6.06. The molecule has 20 heavy (non-hydrogen) atoms. The van der Waals surface area contributed by atoms with Crippen LogP contribution in [0.1, 0.15) is 16.4 Å². The minimum atomic E-state index is 0.0959. The number of hydrogen-bond donors (Lipinski definition) is 1. The van der Waals surface area contributed by atoms with Gasteiger partial charge in [-0.2, -0.15) is 5.10 Å². The van der Waals surface area contributed by atoms with Gasteiger partial charge in [0.05, 0.1) is 6.04 Å². The SMILES string of the molecule is O=C(c1cccc2[nH]ccc12)N1CC(n2cccn2)C1. The number of hydrogen-bond acceptors (Lipinski definition) is 2. The quantitative estimate of drug-likeness (QED) is 0.772. The summed E-state index contributed by atoms with van der Waals surface area (Å²) in [5.74, 6) is 0.0959. The minimum Gasteiger partial charge on any atom is -0.361 e. The molecular weight excluding hydrogens is 252 g/mol. The van der Waals surface area contributed by atoms with Gasteiger partial charge in [-0.15, -0.1) is 0 Å². The van der Waals surface area contributed by atoms with Crippen LogP contribution in [0.15, 0.2) is 48.9 Å². The van der Waals surface area contributed by atoms with E-state index in [9.17, 15) is 4.79 Å². The van der Waals surface area contributed by atoms with Gasteiger partial charge in [-0.1, -0.05) is 6.07 Å². The van der Waals surface area contributed by atoms with Crippen molar-refractivity contribution in [1.82, 2.24) is 19.7 Å². The fourth-order valence-corrected chi connectivity index (χ4v) is 2.73. The summed E-state index contributed by atoms with van der Waals surface area (Å²) in [6, 6.07) is 9.95. The van der Waals surface area contributed by atoms with Crippen molar-refractivity contribution >= 4 is 16.8 Å². The maximum absolute atomic E-state index is 12.5. The zero-order chi connectivity index (χ0) is 13.5. The summed E-state index contributed by atoms with van der Waals surface area (Å²) in [6.45, 7) is 1.45. The van der Waals surface area contributed by atoms with Gasteiger partial charge in [0.2, 0.25) is 0 Å². The van der Waals surface area contributed by atoms with Gasteiger partial charge < -0.3 is 9.88 Å². The molecule has 5 heteroatoms. The van der Waals surface area contributed by atoms with E-state index >= 15 is 0 Å². The number of nitrogens with zero attached hydrogens (tertiary/aromatic N) is 3. The van der Waals surface area contributed by atoms with E-state index in [4.69, 9.17) is 0 Å². The molecule has 0 aliphatic carbocycles. The minimum absolute atomic E-state index is 0.0959. The first-order valence-electron chi connectivity index (χ1n) is 6.67. The van der Waals surface area contributed by atoms with Crippen LogP contribution in [0.4, 0.5) is 0 Å². The maximum atomic E-state index is 12.5. The highest BCUT2D eigenvalue weighted by atomic mass is 16.2. The zero-order valence-electron chi connectivity index (χ0n) is 10.9. The van der Waals surface area contributed by atoms with Crippen LogP contribution >= 0.6 is 0 Å². The molecule has 1 aromatic carbocycles. The Kier molecular flexibility index (Phi) is 2.39. The summed E-state index contributed by atoms with van der Waals surface area (Å²) >= 11 is 0. The topological polar surface area (TPSA) is 53.9 Å². The van der Waals surface area contributed by atoms with Crippen LogP contribution in [0.3, 0.4) is 0 Å². The predicted octanol–water partition coefficient (Wildman–Crippen LogP) is 2.06. The van der Waals surface area contributed by atoms with Crippen LogP contribution in [0.2, 0.25) is 0 Å². The molecule has 1 fully saturated rings. The van der Waals surface area contributed by atoms with Crippen LogP contribution in [-0.4, -0.2) is 38.7 Å². The van der Waals surface area contributed by atoms with Crippen molar-refractivity contribution in [3.63, 3.8) is 0 Å². The number of rotatable bonds is 2.